The van der Waals surface area contributed by atoms with Gasteiger partial charge in [0.15, 0.2) is 0 Å². The number of aromatic nitrogens is 1. The van der Waals surface area contributed by atoms with Gasteiger partial charge in [-0.1, -0.05) is 30.3 Å². The standard InChI is InChI=1S/C20H24N2O3/c1-21-10-7-18(13-19(21)23)17-8-11-22(12-9-17)20(24)15-25-14-16-5-3-2-4-6-16/h2-7,10,13,17H,8-9,11-12,14-15H2,1H3. The summed E-state index contributed by atoms with van der Waals surface area (Å²) < 4.78 is 7.12. The minimum atomic E-state index is 0.0188. The van der Waals surface area contributed by atoms with Crippen molar-refractivity contribution in [2.24, 2.45) is 7.05 Å². The first-order chi connectivity index (χ1) is 12.1. The zero-order chi connectivity index (χ0) is 17.6. The Balaban J connectivity index is 1.45. The van der Waals surface area contributed by atoms with Gasteiger partial charge in [-0.3, -0.25) is 9.59 Å². The third-order valence-electron chi connectivity index (χ3n) is 4.78. The van der Waals surface area contributed by atoms with Gasteiger partial charge in [0.1, 0.15) is 6.61 Å². The molecule has 0 spiro atoms. The maximum Gasteiger partial charge on any atom is 0.250 e. The fraction of sp³-hybridized carbons (Fsp3) is 0.400. The summed E-state index contributed by atoms with van der Waals surface area (Å²) in [6, 6.07) is 13.6. The summed E-state index contributed by atoms with van der Waals surface area (Å²) >= 11 is 0. The normalized spacial score (nSPS) is 15.3. The number of piperidine rings is 1. The van der Waals surface area contributed by atoms with Crippen LogP contribution in [0, 0.1) is 0 Å². The molecule has 1 aliphatic heterocycles. The number of aryl methyl sites for hydroxylation is 1. The summed E-state index contributed by atoms with van der Waals surface area (Å²) in [6.07, 6.45) is 3.59. The quantitative estimate of drug-likeness (QED) is 0.839. The summed E-state index contributed by atoms with van der Waals surface area (Å²) in [5.41, 5.74) is 2.17. The van der Waals surface area contributed by atoms with Gasteiger partial charge < -0.3 is 14.2 Å². The highest BCUT2D eigenvalue weighted by Crippen LogP contribution is 2.27. The molecule has 0 N–H and O–H groups in total. The van der Waals surface area contributed by atoms with Crippen LogP contribution in [0.2, 0.25) is 0 Å². The van der Waals surface area contributed by atoms with Gasteiger partial charge in [0.25, 0.3) is 5.56 Å². The summed E-state index contributed by atoms with van der Waals surface area (Å²) in [5, 5.41) is 0. The van der Waals surface area contributed by atoms with Gasteiger partial charge in [0, 0.05) is 32.4 Å². The molecule has 1 saturated heterocycles. The van der Waals surface area contributed by atoms with Crippen LogP contribution in [0.25, 0.3) is 0 Å². The van der Waals surface area contributed by atoms with E-state index in [9.17, 15) is 9.59 Å². The summed E-state index contributed by atoms with van der Waals surface area (Å²) in [7, 11) is 1.75. The second-order valence-electron chi connectivity index (χ2n) is 6.54. The van der Waals surface area contributed by atoms with E-state index in [1.165, 1.54) is 0 Å². The number of hydrogen-bond donors (Lipinski definition) is 0. The Morgan fingerprint density at radius 1 is 1.16 bits per heavy atom. The molecule has 0 aliphatic carbocycles. The minimum Gasteiger partial charge on any atom is -0.367 e. The molecule has 1 aliphatic rings. The molecule has 2 heterocycles. The van der Waals surface area contributed by atoms with Gasteiger partial charge in [-0.25, -0.2) is 0 Å². The van der Waals surface area contributed by atoms with Gasteiger partial charge in [0.2, 0.25) is 5.91 Å². The fourth-order valence-electron chi connectivity index (χ4n) is 3.20. The van der Waals surface area contributed by atoms with Crippen molar-refractivity contribution in [1.29, 1.82) is 0 Å². The van der Waals surface area contributed by atoms with E-state index >= 15 is 0 Å². The molecule has 1 fully saturated rings. The highest BCUT2D eigenvalue weighted by atomic mass is 16.5. The number of benzene rings is 1. The molecule has 0 unspecified atom stereocenters. The van der Waals surface area contributed by atoms with E-state index in [-0.39, 0.29) is 18.1 Å². The molecule has 5 nitrogen and oxygen atoms in total. The molecule has 1 aromatic heterocycles. The summed E-state index contributed by atoms with van der Waals surface area (Å²) in [4.78, 5) is 25.9. The van der Waals surface area contributed by atoms with E-state index in [1.807, 2.05) is 47.5 Å². The maximum absolute atomic E-state index is 12.3. The zero-order valence-corrected chi connectivity index (χ0v) is 14.6. The molecule has 0 bridgehead atoms. The molecule has 2 aromatic rings. The molecule has 0 saturated carbocycles. The lowest BCUT2D eigenvalue weighted by atomic mass is 9.90. The molecule has 5 heteroatoms. The Bertz CT molecular complexity index is 762. The molecule has 1 aromatic carbocycles. The highest BCUT2D eigenvalue weighted by Gasteiger charge is 2.24. The smallest absolute Gasteiger partial charge is 0.250 e. The second kappa shape index (κ2) is 8.12. The van der Waals surface area contributed by atoms with Crippen LogP contribution in [0.15, 0.2) is 53.5 Å². The van der Waals surface area contributed by atoms with Crippen molar-refractivity contribution in [1.82, 2.24) is 9.47 Å². The van der Waals surface area contributed by atoms with Crippen LogP contribution in [0.5, 0.6) is 0 Å². The first-order valence-electron chi connectivity index (χ1n) is 8.69. The van der Waals surface area contributed by atoms with Crippen LogP contribution < -0.4 is 5.56 Å². The number of nitrogens with zero attached hydrogens (tertiary/aromatic N) is 2. The van der Waals surface area contributed by atoms with Crippen molar-refractivity contribution in [3.8, 4) is 0 Å². The summed E-state index contributed by atoms with van der Waals surface area (Å²) in [6.45, 7) is 2.00. The zero-order valence-electron chi connectivity index (χ0n) is 14.6. The lowest BCUT2D eigenvalue weighted by Crippen LogP contribution is -2.40. The molecule has 132 valence electrons. The van der Waals surface area contributed by atoms with Gasteiger partial charge >= 0.3 is 0 Å². The van der Waals surface area contributed by atoms with Crippen LogP contribution in [-0.4, -0.2) is 35.1 Å². The predicted molar refractivity (Wildman–Crippen MR) is 96.3 cm³/mol. The largest absolute Gasteiger partial charge is 0.367 e. The molecular weight excluding hydrogens is 316 g/mol. The summed E-state index contributed by atoms with van der Waals surface area (Å²) in [5.74, 6) is 0.390. The van der Waals surface area contributed by atoms with Crippen molar-refractivity contribution >= 4 is 5.91 Å². The van der Waals surface area contributed by atoms with E-state index < -0.39 is 0 Å². The van der Waals surface area contributed by atoms with E-state index in [0.29, 0.717) is 25.6 Å². The Morgan fingerprint density at radius 2 is 1.88 bits per heavy atom. The number of rotatable bonds is 5. The number of ether oxygens (including phenoxy) is 1. The molecule has 25 heavy (non-hydrogen) atoms. The van der Waals surface area contributed by atoms with E-state index in [2.05, 4.69) is 0 Å². The van der Waals surface area contributed by atoms with E-state index in [0.717, 1.165) is 24.0 Å². The van der Waals surface area contributed by atoms with Gasteiger partial charge in [-0.15, -0.1) is 0 Å². The monoisotopic (exact) mass is 340 g/mol. The van der Waals surface area contributed by atoms with Crippen LogP contribution in [-0.2, 0) is 23.2 Å². The third kappa shape index (κ3) is 4.57. The first-order valence-corrected chi connectivity index (χ1v) is 8.69. The number of amides is 1. The average molecular weight is 340 g/mol. The molecule has 3 rings (SSSR count). The van der Waals surface area contributed by atoms with Gasteiger partial charge in [0.05, 0.1) is 6.61 Å². The Morgan fingerprint density at radius 3 is 2.56 bits per heavy atom. The fourth-order valence-corrected chi connectivity index (χ4v) is 3.20. The van der Waals surface area contributed by atoms with E-state index in [4.69, 9.17) is 4.74 Å². The Labute approximate surface area is 147 Å². The van der Waals surface area contributed by atoms with Crippen LogP contribution in [0.4, 0.5) is 0 Å². The number of likely N-dealkylation sites (tertiary alicyclic amines) is 1. The van der Waals surface area contributed by atoms with E-state index in [1.54, 1.807) is 17.7 Å². The van der Waals surface area contributed by atoms with Crippen LogP contribution >= 0.6 is 0 Å². The van der Waals surface area contributed by atoms with Crippen LogP contribution in [0.3, 0.4) is 0 Å². The SMILES string of the molecule is Cn1ccc(C2CCN(C(=O)COCc3ccccc3)CC2)cc1=O. The number of carbonyl (C=O) groups excluding carboxylic acids is 1. The van der Waals surface area contributed by atoms with Crippen molar-refractivity contribution < 1.29 is 9.53 Å². The lowest BCUT2D eigenvalue weighted by molar-refractivity contribution is -0.137. The molecule has 0 radical (unpaired) electrons. The highest BCUT2D eigenvalue weighted by molar-refractivity contribution is 5.77. The molecular formula is C20H24N2O3. The average Bonchev–Trinajstić information content (AvgIpc) is 2.65. The molecule has 1 amide bonds. The van der Waals surface area contributed by atoms with Gasteiger partial charge in [-0.05, 0) is 36.0 Å². The van der Waals surface area contributed by atoms with Crippen molar-refractivity contribution in [3.05, 3.63) is 70.1 Å². The minimum absolute atomic E-state index is 0.0188. The number of pyridine rings is 1. The number of carbonyl (C=O) groups is 1. The predicted octanol–water partition coefficient (Wildman–Crippen LogP) is 2.31. The third-order valence-corrected chi connectivity index (χ3v) is 4.78. The lowest BCUT2D eigenvalue weighted by Gasteiger charge is -2.32. The van der Waals surface area contributed by atoms with Crippen LogP contribution in [0.1, 0.15) is 29.9 Å². The maximum atomic E-state index is 12.3. The number of hydrogen-bond acceptors (Lipinski definition) is 3. The second-order valence-corrected chi connectivity index (χ2v) is 6.54. The first kappa shape index (κ1) is 17.4. The molecule has 0 atom stereocenters. The topological polar surface area (TPSA) is 51.5 Å². The van der Waals surface area contributed by atoms with Gasteiger partial charge in [-0.2, -0.15) is 0 Å². The Kier molecular flexibility index (Phi) is 5.66. The Hall–Kier alpha value is -2.40. The van der Waals surface area contributed by atoms with Crippen molar-refractivity contribution in [2.75, 3.05) is 19.7 Å². The van der Waals surface area contributed by atoms with Crippen molar-refractivity contribution in [2.45, 2.75) is 25.4 Å². The van der Waals surface area contributed by atoms with Crippen molar-refractivity contribution in [3.63, 3.8) is 0 Å².